The Bertz CT molecular complexity index is 136. The Morgan fingerprint density at radius 2 is 1.92 bits per heavy atom. The molecule has 1 rings (SSSR count). The average molecular weight is 183 g/mol. The second-order valence-corrected chi connectivity index (χ2v) is 5.06. The fraction of sp³-hybridized carbons (Fsp3) is 1.00. The van der Waals surface area contributed by atoms with Gasteiger partial charge in [-0.2, -0.15) is 0 Å². The van der Waals surface area contributed by atoms with Crippen molar-refractivity contribution in [1.82, 2.24) is 5.32 Å². The molecule has 1 fully saturated rings. The smallest absolute Gasteiger partial charge is 0.0118 e. The van der Waals surface area contributed by atoms with Crippen molar-refractivity contribution in [1.29, 1.82) is 0 Å². The molecule has 1 aliphatic rings. The molecule has 0 aromatic heterocycles. The average Bonchev–Trinajstić information content (AvgIpc) is 2.01. The molecular weight excluding hydrogens is 158 g/mol. The van der Waals surface area contributed by atoms with Crippen LogP contribution in [0.4, 0.5) is 0 Å². The third kappa shape index (κ3) is 2.98. The van der Waals surface area contributed by atoms with Crippen molar-refractivity contribution in [3.8, 4) is 0 Å². The molecule has 0 aromatic rings. The predicted molar refractivity (Wildman–Crippen MR) is 58.8 cm³/mol. The van der Waals surface area contributed by atoms with Gasteiger partial charge in [-0.1, -0.05) is 27.7 Å². The molecule has 0 amide bonds. The Kier molecular flexibility index (Phi) is 4.24. The van der Waals surface area contributed by atoms with Crippen LogP contribution in [0.15, 0.2) is 0 Å². The highest BCUT2D eigenvalue weighted by Gasteiger charge is 2.33. The lowest BCUT2D eigenvalue weighted by Gasteiger charge is -2.41. The summed E-state index contributed by atoms with van der Waals surface area (Å²) in [5, 5.41) is 3.69. The highest BCUT2D eigenvalue weighted by atomic mass is 14.9. The molecule has 0 aliphatic heterocycles. The van der Waals surface area contributed by atoms with Crippen LogP contribution >= 0.6 is 0 Å². The van der Waals surface area contributed by atoms with Gasteiger partial charge in [-0.3, -0.25) is 0 Å². The van der Waals surface area contributed by atoms with Crippen molar-refractivity contribution in [2.45, 2.75) is 53.0 Å². The number of hydrogen-bond donors (Lipinski definition) is 1. The first-order valence-electron chi connectivity index (χ1n) is 5.88. The Morgan fingerprint density at radius 1 is 1.31 bits per heavy atom. The van der Waals surface area contributed by atoms with Crippen molar-refractivity contribution in [2.24, 2.45) is 17.8 Å². The van der Waals surface area contributed by atoms with E-state index in [-0.39, 0.29) is 0 Å². The van der Waals surface area contributed by atoms with Crippen molar-refractivity contribution in [3.63, 3.8) is 0 Å². The molecule has 0 spiro atoms. The van der Waals surface area contributed by atoms with Gasteiger partial charge in [-0.05, 0) is 43.6 Å². The molecule has 0 aromatic carbocycles. The molecule has 1 nitrogen and oxygen atoms in total. The maximum absolute atomic E-state index is 3.69. The summed E-state index contributed by atoms with van der Waals surface area (Å²) >= 11 is 0. The minimum atomic E-state index is 0.774. The van der Waals surface area contributed by atoms with Crippen LogP contribution < -0.4 is 5.32 Å². The lowest BCUT2D eigenvalue weighted by molar-refractivity contribution is 0.130. The van der Waals surface area contributed by atoms with Crippen LogP contribution in [-0.2, 0) is 0 Å². The zero-order chi connectivity index (χ0) is 9.84. The SMILES string of the molecule is CCCNC(C(C)C)C1CC(C)C1. The summed E-state index contributed by atoms with van der Waals surface area (Å²) in [5.74, 6) is 2.74. The summed E-state index contributed by atoms with van der Waals surface area (Å²) in [7, 11) is 0. The van der Waals surface area contributed by atoms with E-state index in [9.17, 15) is 0 Å². The lowest BCUT2D eigenvalue weighted by Crippen LogP contribution is -2.45. The van der Waals surface area contributed by atoms with Crippen LogP contribution in [0.1, 0.15) is 47.0 Å². The van der Waals surface area contributed by atoms with Gasteiger partial charge in [0.1, 0.15) is 0 Å². The minimum Gasteiger partial charge on any atom is -0.313 e. The quantitative estimate of drug-likeness (QED) is 0.691. The molecule has 1 N–H and O–H groups in total. The number of hydrogen-bond acceptors (Lipinski definition) is 1. The topological polar surface area (TPSA) is 12.0 Å². The second-order valence-electron chi connectivity index (χ2n) is 5.06. The van der Waals surface area contributed by atoms with Gasteiger partial charge in [-0.25, -0.2) is 0 Å². The molecule has 13 heavy (non-hydrogen) atoms. The highest BCUT2D eigenvalue weighted by molar-refractivity contribution is 4.87. The van der Waals surface area contributed by atoms with E-state index in [2.05, 4.69) is 33.0 Å². The van der Waals surface area contributed by atoms with Crippen molar-refractivity contribution in [2.75, 3.05) is 6.54 Å². The first-order valence-corrected chi connectivity index (χ1v) is 5.88. The second kappa shape index (κ2) is 4.99. The summed E-state index contributed by atoms with van der Waals surface area (Å²) < 4.78 is 0. The van der Waals surface area contributed by atoms with Gasteiger partial charge in [0.05, 0.1) is 0 Å². The van der Waals surface area contributed by atoms with Gasteiger partial charge in [0, 0.05) is 6.04 Å². The summed E-state index contributed by atoms with van der Waals surface area (Å²) in [6, 6.07) is 0.774. The van der Waals surface area contributed by atoms with E-state index in [4.69, 9.17) is 0 Å². The maximum Gasteiger partial charge on any atom is 0.0118 e. The summed E-state index contributed by atoms with van der Waals surface area (Å²) in [4.78, 5) is 0. The lowest BCUT2D eigenvalue weighted by atomic mass is 9.69. The van der Waals surface area contributed by atoms with Gasteiger partial charge in [-0.15, -0.1) is 0 Å². The number of nitrogens with one attached hydrogen (secondary N) is 1. The maximum atomic E-state index is 3.69. The molecule has 1 heteroatoms. The van der Waals surface area contributed by atoms with Gasteiger partial charge in [0.15, 0.2) is 0 Å². The standard InChI is InChI=1S/C12H25N/c1-5-6-13-12(9(2)3)11-7-10(4)8-11/h9-13H,5-8H2,1-4H3. The molecule has 1 aliphatic carbocycles. The third-order valence-electron chi connectivity index (χ3n) is 3.27. The third-order valence-corrected chi connectivity index (χ3v) is 3.27. The van der Waals surface area contributed by atoms with Crippen molar-refractivity contribution in [3.05, 3.63) is 0 Å². The van der Waals surface area contributed by atoms with E-state index in [1.807, 2.05) is 0 Å². The molecular formula is C12H25N. The van der Waals surface area contributed by atoms with E-state index in [1.54, 1.807) is 0 Å². The van der Waals surface area contributed by atoms with Crippen LogP contribution in [0.25, 0.3) is 0 Å². The normalized spacial score (nSPS) is 30.2. The molecule has 0 heterocycles. The highest BCUT2D eigenvalue weighted by Crippen LogP contribution is 2.37. The van der Waals surface area contributed by atoms with E-state index < -0.39 is 0 Å². The van der Waals surface area contributed by atoms with Gasteiger partial charge in [0.2, 0.25) is 0 Å². The van der Waals surface area contributed by atoms with Crippen LogP contribution in [0, 0.1) is 17.8 Å². The van der Waals surface area contributed by atoms with Crippen molar-refractivity contribution >= 4 is 0 Å². The van der Waals surface area contributed by atoms with E-state index in [0.717, 1.165) is 23.8 Å². The number of rotatable bonds is 5. The predicted octanol–water partition coefficient (Wildman–Crippen LogP) is 3.06. The minimum absolute atomic E-state index is 0.774. The first kappa shape index (κ1) is 11.0. The fourth-order valence-electron chi connectivity index (χ4n) is 2.52. The largest absolute Gasteiger partial charge is 0.313 e. The summed E-state index contributed by atoms with van der Waals surface area (Å²) in [6.07, 6.45) is 4.14. The molecule has 1 saturated carbocycles. The Labute approximate surface area is 83.3 Å². The molecule has 0 saturated heterocycles. The Morgan fingerprint density at radius 3 is 2.31 bits per heavy atom. The van der Waals surface area contributed by atoms with Crippen molar-refractivity contribution < 1.29 is 0 Å². The molecule has 1 unspecified atom stereocenters. The van der Waals surface area contributed by atoms with E-state index >= 15 is 0 Å². The zero-order valence-electron chi connectivity index (χ0n) is 9.64. The van der Waals surface area contributed by atoms with Gasteiger partial charge < -0.3 is 5.32 Å². The zero-order valence-corrected chi connectivity index (χ0v) is 9.64. The van der Waals surface area contributed by atoms with Gasteiger partial charge >= 0.3 is 0 Å². The van der Waals surface area contributed by atoms with Gasteiger partial charge in [0.25, 0.3) is 0 Å². The molecule has 0 radical (unpaired) electrons. The fourth-order valence-corrected chi connectivity index (χ4v) is 2.52. The van der Waals surface area contributed by atoms with Crippen LogP contribution in [0.2, 0.25) is 0 Å². The van der Waals surface area contributed by atoms with Crippen LogP contribution in [0.5, 0.6) is 0 Å². The first-order chi connectivity index (χ1) is 6.15. The summed E-state index contributed by atoms with van der Waals surface area (Å²) in [5.41, 5.74) is 0. The molecule has 78 valence electrons. The van der Waals surface area contributed by atoms with E-state index in [0.29, 0.717) is 0 Å². The Hall–Kier alpha value is -0.0400. The molecule has 0 bridgehead atoms. The molecule has 1 atom stereocenters. The van der Waals surface area contributed by atoms with Crippen LogP contribution in [-0.4, -0.2) is 12.6 Å². The summed E-state index contributed by atoms with van der Waals surface area (Å²) in [6.45, 7) is 10.5. The Balaban J connectivity index is 2.30. The van der Waals surface area contributed by atoms with Crippen LogP contribution in [0.3, 0.4) is 0 Å². The monoisotopic (exact) mass is 183 g/mol. The van der Waals surface area contributed by atoms with E-state index in [1.165, 1.54) is 25.8 Å².